The molecule has 4 nitrogen and oxygen atoms in total. The minimum Gasteiger partial charge on any atom is -0.465 e. The fraction of sp³-hybridized carbons (Fsp3) is 0.133. The van der Waals surface area contributed by atoms with Gasteiger partial charge in [-0.15, -0.1) is 0 Å². The SMILES string of the molecule is COC(=O)c1ccc(N)c(NCc2ccc(F)cc2F)c1. The van der Waals surface area contributed by atoms with Crippen LogP contribution in [0.1, 0.15) is 15.9 Å². The van der Waals surface area contributed by atoms with E-state index in [9.17, 15) is 13.6 Å². The Hall–Kier alpha value is -2.63. The monoisotopic (exact) mass is 292 g/mol. The topological polar surface area (TPSA) is 64.3 Å². The predicted octanol–water partition coefficient (Wildman–Crippen LogP) is 2.95. The van der Waals surface area contributed by atoms with Crippen LogP contribution >= 0.6 is 0 Å². The minimum absolute atomic E-state index is 0.112. The van der Waals surface area contributed by atoms with E-state index in [1.54, 1.807) is 6.07 Å². The number of nitrogens with two attached hydrogens (primary N) is 1. The molecule has 0 aliphatic carbocycles. The first-order valence-corrected chi connectivity index (χ1v) is 6.17. The van der Waals surface area contributed by atoms with Crippen molar-refractivity contribution in [2.24, 2.45) is 0 Å². The number of hydrogen-bond donors (Lipinski definition) is 2. The third-order valence-electron chi connectivity index (χ3n) is 2.96. The van der Waals surface area contributed by atoms with Gasteiger partial charge >= 0.3 is 5.97 Å². The van der Waals surface area contributed by atoms with E-state index in [0.29, 0.717) is 22.5 Å². The normalized spacial score (nSPS) is 10.2. The largest absolute Gasteiger partial charge is 0.465 e. The number of esters is 1. The first-order chi connectivity index (χ1) is 10.0. The average Bonchev–Trinajstić information content (AvgIpc) is 2.47. The third kappa shape index (κ3) is 3.47. The van der Waals surface area contributed by atoms with Crippen molar-refractivity contribution in [3.63, 3.8) is 0 Å². The van der Waals surface area contributed by atoms with E-state index in [-0.39, 0.29) is 6.54 Å². The van der Waals surface area contributed by atoms with Gasteiger partial charge < -0.3 is 15.8 Å². The van der Waals surface area contributed by atoms with Crippen LogP contribution in [0.5, 0.6) is 0 Å². The summed E-state index contributed by atoms with van der Waals surface area (Å²) in [5, 5.41) is 2.91. The summed E-state index contributed by atoms with van der Waals surface area (Å²) >= 11 is 0. The van der Waals surface area contributed by atoms with E-state index < -0.39 is 17.6 Å². The number of anilines is 2. The molecule has 2 rings (SSSR count). The summed E-state index contributed by atoms with van der Waals surface area (Å²) < 4.78 is 31.0. The molecule has 2 aromatic carbocycles. The summed E-state index contributed by atoms with van der Waals surface area (Å²) in [4.78, 5) is 11.5. The first kappa shape index (κ1) is 14.8. The number of methoxy groups -OCH3 is 1. The zero-order valence-corrected chi connectivity index (χ0v) is 11.3. The molecule has 21 heavy (non-hydrogen) atoms. The Morgan fingerprint density at radius 2 is 2.00 bits per heavy atom. The lowest BCUT2D eigenvalue weighted by atomic mass is 10.1. The van der Waals surface area contributed by atoms with E-state index in [1.165, 1.54) is 31.4 Å². The van der Waals surface area contributed by atoms with Crippen molar-refractivity contribution in [2.75, 3.05) is 18.2 Å². The van der Waals surface area contributed by atoms with Gasteiger partial charge in [-0.25, -0.2) is 13.6 Å². The second-order valence-electron chi connectivity index (χ2n) is 4.38. The molecule has 0 atom stereocenters. The number of nitrogen functional groups attached to an aromatic ring is 1. The van der Waals surface area contributed by atoms with Gasteiger partial charge in [-0.05, 0) is 24.3 Å². The molecule has 0 amide bonds. The van der Waals surface area contributed by atoms with Crippen molar-refractivity contribution in [1.29, 1.82) is 0 Å². The molecule has 2 aromatic rings. The molecule has 0 fully saturated rings. The molecule has 3 N–H and O–H groups in total. The summed E-state index contributed by atoms with van der Waals surface area (Å²) in [6.07, 6.45) is 0. The van der Waals surface area contributed by atoms with Gasteiger partial charge in [0.2, 0.25) is 0 Å². The Morgan fingerprint density at radius 3 is 2.67 bits per heavy atom. The fourth-order valence-corrected chi connectivity index (χ4v) is 1.81. The van der Waals surface area contributed by atoms with Crippen LogP contribution in [-0.2, 0) is 11.3 Å². The highest BCUT2D eigenvalue weighted by molar-refractivity contribution is 5.91. The van der Waals surface area contributed by atoms with Crippen LogP contribution in [-0.4, -0.2) is 13.1 Å². The fourth-order valence-electron chi connectivity index (χ4n) is 1.81. The lowest BCUT2D eigenvalue weighted by Gasteiger charge is -2.11. The second-order valence-corrected chi connectivity index (χ2v) is 4.38. The van der Waals surface area contributed by atoms with Crippen molar-refractivity contribution in [1.82, 2.24) is 0 Å². The highest BCUT2D eigenvalue weighted by atomic mass is 19.1. The highest BCUT2D eigenvalue weighted by Crippen LogP contribution is 2.22. The van der Waals surface area contributed by atoms with Crippen LogP contribution in [0.3, 0.4) is 0 Å². The van der Waals surface area contributed by atoms with Gasteiger partial charge in [0.25, 0.3) is 0 Å². The van der Waals surface area contributed by atoms with Gasteiger partial charge in [0, 0.05) is 18.2 Å². The van der Waals surface area contributed by atoms with Gasteiger partial charge in [-0.3, -0.25) is 0 Å². The second kappa shape index (κ2) is 6.21. The Morgan fingerprint density at radius 1 is 1.24 bits per heavy atom. The number of hydrogen-bond acceptors (Lipinski definition) is 4. The Balaban J connectivity index is 2.17. The Bertz CT molecular complexity index is 675. The van der Waals surface area contributed by atoms with Crippen molar-refractivity contribution < 1.29 is 18.3 Å². The van der Waals surface area contributed by atoms with Gasteiger partial charge in [-0.1, -0.05) is 6.07 Å². The summed E-state index contributed by atoms with van der Waals surface area (Å²) in [6, 6.07) is 7.93. The quantitative estimate of drug-likeness (QED) is 0.671. The van der Waals surface area contributed by atoms with E-state index in [2.05, 4.69) is 10.1 Å². The maximum Gasteiger partial charge on any atom is 0.337 e. The van der Waals surface area contributed by atoms with Crippen LogP contribution in [0.15, 0.2) is 36.4 Å². The number of carbonyl (C=O) groups excluding carboxylic acids is 1. The van der Waals surface area contributed by atoms with Crippen molar-refractivity contribution in [3.8, 4) is 0 Å². The van der Waals surface area contributed by atoms with E-state index >= 15 is 0 Å². The molecule has 0 aromatic heterocycles. The molecule has 0 saturated heterocycles. The van der Waals surface area contributed by atoms with E-state index in [1.807, 2.05) is 0 Å². The maximum atomic E-state index is 13.5. The molecular formula is C15H14F2N2O2. The zero-order chi connectivity index (χ0) is 15.4. The molecule has 0 aliphatic rings. The van der Waals surface area contributed by atoms with Gasteiger partial charge in [-0.2, -0.15) is 0 Å². The molecule has 0 saturated carbocycles. The molecule has 0 spiro atoms. The van der Waals surface area contributed by atoms with E-state index in [0.717, 1.165) is 6.07 Å². The lowest BCUT2D eigenvalue weighted by molar-refractivity contribution is 0.0601. The standard InChI is InChI=1S/C15H14F2N2O2/c1-21-15(20)9-3-5-13(18)14(6-9)19-8-10-2-4-11(16)7-12(10)17/h2-7,19H,8,18H2,1H3. The molecular weight excluding hydrogens is 278 g/mol. The first-order valence-electron chi connectivity index (χ1n) is 6.17. The third-order valence-corrected chi connectivity index (χ3v) is 2.96. The number of halogens is 2. The van der Waals surface area contributed by atoms with Crippen molar-refractivity contribution in [3.05, 3.63) is 59.2 Å². The van der Waals surface area contributed by atoms with Gasteiger partial charge in [0.05, 0.1) is 24.0 Å². The van der Waals surface area contributed by atoms with Crippen LogP contribution in [0.4, 0.5) is 20.2 Å². The van der Waals surface area contributed by atoms with Crippen LogP contribution in [0.25, 0.3) is 0 Å². The minimum atomic E-state index is -0.648. The molecule has 0 unspecified atom stereocenters. The van der Waals surface area contributed by atoms with Gasteiger partial charge in [0.1, 0.15) is 11.6 Å². The smallest absolute Gasteiger partial charge is 0.337 e. The predicted molar refractivity (Wildman–Crippen MR) is 75.9 cm³/mol. The highest BCUT2D eigenvalue weighted by Gasteiger charge is 2.09. The number of benzene rings is 2. The Labute approximate surface area is 120 Å². The summed E-state index contributed by atoms with van der Waals surface area (Å²) in [6.45, 7) is 0.112. The molecule has 110 valence electrons. The molecule has 0 aliphatic heterocycles. The van der Waals surface area contributed by atoms with Crippen molar-refractivity contribution in [2.45, 2.75) is 6.54 Å². The molecule has 0 heterocycles. The lowest BCUT2D eigenvalue weighted by Crippen LogP contribution is -2.07. The zero-order valence-electron chi connectivity index (χ0n) is 11.3. The maximum absolute atomic E-state index is 13.5. The van der Waals surface area contributed by atoms with E-state index in [4.69, 9.17) is 5.73 Å². The molecule has 6 heteroatoms. The van der Waals surface area contributed by atoms with Crippen molar-refractivity contribution >= 4 is 17.3 Å². The molecule has 0 radical (unpaired) electrons. The number of rotatable bonds is 4. The van der Waals surface area contributed by atoms with Crippen LogP contribution < -0.4 is 11.1 Å². The Kier molecular flexibility index (Phi) is 4.37. The summed E-state index contributed by atoms with van der Waals surface area (Å²) in [7, 11) is 1.28. The average molecular weight is 292 g/mol. The number of nitrogens with one attached hydrogen (secondary N) is 1. The van der Waals surface area contributed by atoms with Crippen LogP contribution in [0.2, 0.25) is 0 Å². The summed E-state index contributed by atoms with van der Waals surface area (Å²) in [5.41, 5.74) is 7.29. The van der Waals surface area contributed by atoms with Crippen LogP contribution in [0, 0.1) is 11.6 Å². The van der Waals surface area contributed by atoms with Gasteiger partial charge in [0.15, 0.2) is 0 Å². The number of carbonyl (C=O) groups is 1. The number of ether oxygens (including phenoxy) is 1. The summed E-state index contributed by atoms with van der Waals surface area (Å²) in [5.74, 6) is -1.78. The molecule has 0 bridgehead atoms.